The van der Waals surface area contributed by atoms with Crippen LogP contribution < -0.4 is 0 Å². The van der Waals surface area contributed by atoms with Crippen molar-refractivity contribution < 1.29 is 5.11 Å². The molecule has 0 atom stereocenters. The largest absolute Gasteiger partial charge is 0.392 e. The van der Waals surface area contributed by atoms with E-state index in [2.05, 4.69) is 6.92 Å². The van der Waals surface area contributed by atoms with Gasteiger partial charge >= 0.3 is 0 Å². The molecule has 0 radical (unpaired) electrons. The monoisotopic (exact) mass is 140 g/mol. The fourth-order valence-electron chi connectivity index (χ4n) is 1.47. The molecular weight excluding hydrogens is 124 g/mol. The molecule has 1 N–H and O–H groups in total. The van der Waals surface area contributed by atoms with E-state index in [-0.39, 0.29) is 6.61 Å². The van der Waals surface area contributed by atoms with Gasteiger partial charge in [-0.2, -0.15) is 0 Å². The normalized spacial score (nSPS) is 26.6. The Hall–Kier alpha value is -0.300. The quantitative estimate of drug-likeness (QED) is 0.553. The molecule has 0 unspecified atom stereocenters. The summed E-state index contributed by atoms with van der Waals surface area (Å²) in [5, 5.41) is 8.61. The standard InChI is InChI=1S/C9H16O/c1-8-2-4-9(5-3-8)6-7-10/h6,8,10H,2-5,7H2,1H3. The van der Waals surface area contributed by atoms with Gasteiger partial charge in [-0.25, -0.2) is 0 Å². The van der Waals surface area contributed by atoms with Crippen molar-refractivity contribution in [2.75, 3.05) is 6.61 Å². The van der Waals surface area contributed by atoms with Gasteiger partial charge in [0.25, 0.3) is 0 Å². The maximum absolute atomic E-state index is 8.61. The zero-order valence-electron chi connectivity index (χ0n) is 6.64. The molecule has 1 aliphatic carbocycles. The molecule has 10 heavy (non-hydrogen) atoms. The average Bonchev–Trinajstić information content (AvgIpc) is 1.95. The van der Waals surface area contributed by atoms with Crippen LogP contribution in [0, 0.1) is 5.92 Å². The lowest BCUT2D eigenvalue weighted by Crippen LogP contribution is -2.04. The molecule has 1 nitrogen and oxygen atoms in total. The van der Waals surface area contributed by atoms with Gasteiger partial charge in [-0.3, -0.25) is 0 Å². The lowest BCUT2D eigenvalue weighted by atomic mass is 9.87. The molecule has 0 spiro atoms. The maximum Gasteiger partial charge on any atom is 0.0615 e. The Morgan fingerprint density at radius 1 is 1.50 bits per heavy atom. The van der Waals surface area contributed by atoms with E-state index in [1.807, 2.05) is 6.08 Å². The minimum absolute atomic E-state index is 0.226. The highest BCUT2D eigenvalue weighted by Crippen LogP contribution is 2.27. The van der Waals surface area contributed by atoms with Crippen LogP contribution in [0.15, 0.2) is 11.6 Å². The molecule has 0 bridgehead atoms. The second-order valence-electron chi connectivity index (χ2n) is 3.23. The Kier molecular flexibility index (Phi) is 2.94. The molecule has 0 heterocycles. The van der Waals surface area contributed by atoms with Crippen molar-refractivity contribution in [3.63, 3.8) is 0 Å². The van der Waals surface area contributed by atoms with E-state index < -0.39 is 0 Å². The molecular formula is C9H16O. The van der Waals surface area contributed by atoms with E-state index in [0.29, 0.717) is 0 Å². The highest BCUT2D eigenvalue weighted by atomic mass is 16.2. The lowest BCUT2D eigenvalue weighted by molar-refractivity contribution is 0.338. The van der Waals surface area contributed by atoms with Gasteiger partial charge in [0.15, 0.2) is 0 Å². The summed E-state index contributed by atoms with van der Waals surface area (Å²) in [7, 11) is 0. The molecule has 0 amide bonds. The molecule has 0 aliphatic heterocycles. The third-order valence-electron chi connectivity index (χ3n) is 2.30. The first-order valence-electron chi connectivity index (χ1n) is 4.11. The van der Waals surface area contributed by atoms with Crippen LogP contribution in [0.25, 0.3) is 0 Å². The van der Waals surface area contributed by atoms with Crippen molar-refractivity contribution in [1.82, 2.24) is 0 Å². The van der Waals surface area contributed by atoms with Crippen molar-refractivity contribution >= 4 is 0 Å². The van der Waals surface area contributed by atoms with Gasteiger partial charge in [-0.05, 0) is 31.6 Å². The van der Waals surface area contributed by atoms with Crippen molar-refractivity contribution in [1.29, 1.82) is 0 Å². The predicted molar refractivity (Wildman–Crippen MR) is 42.8 cm³/mol. The molecule has 1 aliphatic rings. The third-order valence-corrected chi connectivity index (χ3v) is 2.30. The average molecular weight is 140 g/mol. The topological polar surface area (TPSA) is 20.2 Å². The van der Waals surface area contributed by atoms with E-state index >= 15 is 0 Å². The highest BCUT2D eigenvalue weighted by Gasteiger charge is 2.10. The van der Waals surface area contributed by atoms with E-state index in [9.17, 15) is 0 Å². The Morgan fingerprint density at radius 3 is 2.60 bits per heavy atom. The molecule has 1 heteroatoms. The van der Waals surface area contributed by atoms with Crippen molar-refractivity contribution in [3.8, 4) is 0 Å². The minimum Gasteiger partial charge on any atom is -0.392 e. The summed E-state index contributed by atoms with van der Waals surface area (Å²) in [5.41, 5.74) is 1.46. The highest BCUT2D eigenvalue weighted by molar-refractivity contribution is 5.04. The third kappa shape index (κ3) is 2.14. The van der Waals surface area contributed by atoms with Gasteiger partial charge in [-0.15, -0.1) is 0 Å². The van der Waals surface area contributed by atoms with E-state index in [1.165, 1.54) is 31.3 Å². The number of aliphatic hydroxyl groups excluding tert-OH is 1. The summed E-state index contributed by atoms with van der Waals surface area (Å²) in [6.07, 6.45) is 7.01. The van der Waals surface area contributed by atoms with Crippen molar-refractivity contribution in [2.45, 2.75) is 32.6 Å². The lowest BCUT2D eigenvalue weighted by Gasteiger charge is -2.19. The van der Waals surface area contributed by atoms with Crippen LogP contribution in [-0.4, -0.2) is 11.7 Å². The number of rotatable bonds is 1. The van der Waals surface area contributed by atoms with Gasteiger partial charge in [0.05, 0.1) is 6.61 Å². The Bertz CT molecular complexity index is 117. The van der Waals surface area contributed by atoms with E-state index in [4.69, 9.17) is 5.11 Å². The summed E-state index contributed by atoms with van der Waals surface area (Å²) in [6, 6.07) is 0. The summed E-state index contributed by atoms with van der Waals surface area (Å²) in [5.74, 6) is 0.899. The van der Waals surface area contributed by atoms with E-state index in [1.54, 1.807) is 0 Å². The van der Waals surface area contributed by atoms with Gasteiger partial charge in [0, 0.05) is 0 Å². The van der Waals surface area contributed by atoms with Crippen LogP contribution in [0.4, 0.5) is 0 Å². The van der Waals surface area contributed by atoms with Crippen LogP contribution in [0.2, 0.25) is 0 Å². The Labute approximate surface area is 62.8 Å². The summed E-state index contributed by atoms with van der Waals surface area (Å²) in [6.45, 7) is 2.53. The van der Waals surface area contributed by atoms with Crippen LogP contribution in [0.3, 0.4) is 0 Å². The number of allylic oxidation sites excluding steroid dienone is 1. The van der Waals surface area contributed by atoms with Gasteiger partial charge in [0.1, 0.15) is 0 Å². The zero-order valence-corrected chi connectivity index (χ0v) is 6.64. The van der Waals surface area contributed by atoms with Crippen LogP contribution in [0.1, 0.15) is 32.6 Å². The summed E-state index contributed by atoms with van der Waals surface area (Å²) >= 11 is 0. The fraction of sp³-hybridized carbons (Fsp3) is 0.778. The first-order valence-corrected chi connectivity index (χ1v) is 4.11. The van der Waals surface area contributed by atoms with Gasteiger partial charge < -0.3 is 5.11 Å². The second kappa shape index (κ2) is 3.77. The van der Waals surface area contributed by atoms with Crippen molar-refractivity contribution in [2.24, 2.45) is 5.92 Å². The van der Waals surface area contributed by atoms with Gasteiger partial charge in [-0.1, -0.05) is 18.6 Å². The van der Waals surface area contributed by atoms with E-state index in [0.717, 1.165) is 5.92 Å². The molecule has 58 valence electrons. The molecule has 0 aromatic carbocycles. The SMILES string of the molecule is CC1CCC(=CCO)CC1. The molecule has 0 saturated heterocycles. The number of hydrogen-bond acceptors (Lipinski definition) is 1. The molecule has 1 saturated carbocycles. The summed E-state index contributed by atoms with van der Waals surface area (Å²) < 4.78 is 0. The number of hydrogen-bond donors (Lipinski definition) is 1. The maximum atomic E-state index is 8.61. The van der Waals surface area contributed by atoms with Crippen molar-refractivity contribution in [3.05, 3.63) is 11.6 Å². The summed E-state index contributed by atoms with van der Waals surface area (Å²) in [4.78, 5) is 0. The molecule has 1 fully saturated rings. The Balaban J connectivity index is 2.32. The molecule has 0 aromatic heterocycles. The number of aliphatic hydroxyl groups is 1. The van der Waals surface area contributed by atoms with Crippen LogP contribution in [-0.2, 0) is 0 Å². The van der Waals surface area contributed by atoms with Crippen LogP contribution in [0.5, 0.6) is 0 Å². The predicted octanol–water partition coefficient (Wildman–Crippen LogP) is 2.12. The second-order valence-corrected chi connectivity index (χ2v) is 3.23. The van der Waals surface area contributed by atoms with Crippen LogP contribution >= 0.6 is 0 Å². The molecule has 1 rings (SSSR count). The smallest absolute Gasteiger partial charge is 0.0615 e. The fourth-order valence-corrected chi connectivity index (χ4v) is 1.47. The molecule has 0 aromatic rings. The van der Waals surface area contributed by atoms with Gasteiger partial charge in [0.2, 0.25) is 0 Å². The minimum atomic E-state index is 0.226. The first-order chi connectivity index (χ1) is 4.83. The zero-order chi connectivity index (χ0) is 7.40. The first kappa shape index (κ1) is 7.80. The Morgan fingerprint density at radius 2 is 2.10 bits per heavy atom.